The number of ether oxygens (including phenoxy) is 2. The van der Waals surface area contributed by atoms with Gasteiger partial charge in [-0.2, -0.15) is 4.31 Å². The molecule has 1 fully saturated rings. The Morgan fingerprint density at radius 2 is 1.83 bits per heavy atom. The Hall–Kier alpha value is -2.16. The predicted molar refractivity (Wildman–Crippen MR) is 120 cm³/mol. The minimum absolute atomic E-state index is 0.213. The Balaban J connectivity index is 1.77. The summed E-state index contributed by atoms with van der Waals surface area (Å²) in [4.78, 5) is 12.8. The zero-order chi connectivity index (χ0) is 21.7. The quantitative estimate of drug-likeness (QED) is 0.398. The van der Waals surface area contributed by atoms with Gasteiger partial charge in [-0.1, -0.05) is 6.08 Å². The van der Waals surface area contributed by atoms with Crippen LogP contribution in [0, 0.1) is 0 Å². The van der Waals surface area contributed by atoms with Crippen LogP contribution in [0.5, 0.6) is 11.5 Å². The van der Waals surface area contributed by atoms with E-state index in [0.717, 1.165) is 22.9 Å². The second-order valence-electron chi connectivity index (χ2n) is 6.80. The van der Waals surface area contributed by atoms with Crippen LogP contribution in [0.4, 0.5) is 0 Å². The third-order valence-corrected chi connectivity index (χ3v) is 7.31. The lowest BCUT2D eigenvalue weighted by Crippen LogP contribution is -2.27. The number of nitrogens with zero attached hydrogens (tertiary/aromatic N) is 1. The van der Waals surface area contributed by atoms with Gasteiger partial charge in [-0.15, -0.1) is 0 Å². The van der Waals surface area contributed by atoms with Crippen LogP contribution in [0.2, 0.25) is 0 Å². The maximum Gasteiger partial charge on any atom is 0.243 e. The van der Waals surface area contributed by atoms with Crippen LogP contribution >= 0.6 is 15.9 Å². The van der Waals surface area contributed by atoms with Gasteiger partial charge in [0.15, 0.2) is 17.3 Å². The van der Waals surface area contributed by atoms with Gasteiger partial charge < -0.3 is 9.47 Å². The summed E-state index contributed by atoms with van der Waals surface area (Å²) in [5.74, 6) is 0.957. The fraction of sp³-hybridized carbons (Fsp3) is 0.318. The van der Waals surface area contributed by atoms with E-state index in [1.54, 1.807) is 31.4 Å². The minimum Gasteiger partial charge on any atom is -0.492 e. The van der Waals surface area contributed by atoms with Crippen molar-refractivity contribution in [2.45, 2.75) is 24.7 Å². The zero-order valence-corrected chi connectivity index (χ0v) is 19.3. The maximum absolute atomic E-state index is 12.6. The molecular formula is C22H24BrNO5S. The first-order valence-corrected chi connectivity index (χ1v) is 11.9. The summed E-state index contributed by atoms with van der Waals surface area (Å²) >= 11 is 3.45. The van der Waals surface area contributed by atoms with E-state index in [1.807, 2.05) is 13.0 Å². The van der Waals surface area contributed by atoms with Crippen LogP contribution in [0.25, 0.3) is 6.08 Å². The molecule has 0 spiro atoms. The SMILES string of the molecule is CCOc1cc(/C=C/C(=O)c2ccc(S(=O)(=O)N3CCCC3)cc2)cc(Br)c1OC. The molecule has 30 heavy (non-hydrogen) atoms. The standard InChI is InChI=1S/C22H24BrNO5S/c1-3-29-21-15-16(14-19(23)22(21)28-2)6-11-20(25)17-7-9-18(10-8-17)30(26,27)24-12-4-5-13-24/h6-11,14-15H,3-5,12-13H2,1-2H3/b11-6+. The summed E-state index contributed by atoms with van der Waals surface area (Å²) in [6.07, 6.45) is 4.90. The van der Waals surface area contributed by atoms with E-state index in [2.05, 4.69) is 15.9 Å². The van der Waals surface area contributed by atoms with Gasteiger partial charge >= 0.3 is 0 Å². The lowest BCUT2D eigenvalue weighted by molar-refractivity contribution is 0.104. The number of rotatable bonds is 8. The van der Waals surface area contributed by atoms with E-state index >= 15 is 0 Å². The second kappa shape index (κ2) is 9.76. The number of hydrogen-bond donors (Lipinski definition) is 0. The first-order chi connectivity index (χ1) is 14.4. The molecule has 3 rings (SSSR count). The number of carbonyl (C=O) groups is 1. The van der Waals surface area contributed by atoms with Crippen LogP contribution < -0.4 is 9.47 Å². The molecule has 1 saturated heterocycles. The van der Waals surface area contributed by atoms with Crippen LogP contribution in [-0.2, 0) is 10.0 Å². The predicted octanol–water partition coefficient (Wildman–Crippen LogP) is 4.54. The number of allylic oxidation sites excluding steroid dienone is 1. The Labute approximate surface area is 185 Å². The third kappa shape index (κ3) is 4.94. The number of methoxy groups -OCH3 is 1. The Kier molecular flexibility index (Phi) is 7.33. The topological polar surface area (TPSA) is 72.9 Å². The lowest BCUT2D eigenvalue weighted by Gasteiger charge is -2.15. The zero-order valence-electron chi connectivity index (χ0n) is 16.9. The van der Waals surface area contributed by atoms with E-state index in [0.29, 0.717) is 36.8 Å². The Morgan fingerprint density at radius 3 is 2.43 bits per heavy atom. The highest BCUT2D eigenvalue weighted by atomic mass is 79.9. The van der Waals surface area contributed by atoms with Gasteiger partial charge in [0.2, 0.25) is 10.0 Å². The average Bonchev–Trinajstić information content (AvgIpc) is 3.28. The number of carbonyl (C=O) groups excluding carboxylic acids is 1. The van der Waals surface area contributed by atoms with E-state index in [9.17, 15) is 13.2 Å². The molecule has 0 saturated carbocycles. The van der Waals surface area contributed by atoms with Crippen molar-refractivity contribution in [3.63, 3.8) is 0 Å². The van der Waals surface area contributed by atoms with Crippen LogP contribution in [0.3, 0.4) is 0 Å². The van der Waals surface area contributed by atoms with Crippen LogP contribution in [0.1, 0.15) is 35.7 Å². The van der Waals surface area contributed by atoms with E-state index in [1.165, 1.54) is 22.5 Å². The fourth-order valence-corrected chi connectivity index (χ4v) is 5.42. The van der Waals surface area contributed by atoms with Gasteiger partial charge in [-0.05, 0) is 83.7 Å². The number of ketones is 1. The average molecular weight is 494 g/mol. The number of halogens is 1. The molecule has 0 bridgehead atoms. The molecule has 1 heterocycles. The summed E-state index contributed by atoms with van der Waals surface area (Å²) in [5.41, 5.74) is 1.19. The van der Waals surface area contributed by atoms with Crippen molar-refractivity contribution in [2.24, 2.45) is 0 Å². The van der Waals surface area contributed by atoms with Gasteiger partial charge in [-0.25, -0.2) is 8.42 Å². The van der Waals surface area contributed by atoms with Crippen molar-refractivity contribution in [2.75, 3.05) is 26.8 Å². The highest BCUT2D eigenvalue weighted by molar-refractivity contribution is 9.10. The molecule has 1 aliphatic heterocycles. The summed E-state index contributed by atoms with van der Waals surface area (Å²) in [6, 6.07) is 9.70. The summed E-state index contributed by atoms with van der Waals surface area (Å²) in [5, 5.41) is 0. The molecule has 2 aromatic rings. The second-order valence-corrected chi connectivity index (χ2v) is 9.59. The molecule has 2 aromatic carbocycles. The van der Waals surface area contributed by atoms with Gasteiger partial charge in [0, 0.05) is 18.7 Å². The Morgan fingerprint density at radius 1 is 1.17 bits per heavy atom. The highest BCUT2D eigenvalue weighted by Crippen LogP contribution is 2.37. The molecule has 6 nitrogen and oxygen atoms in total. The first-order valence-electron chi connectivity index (χ1n) is 9.69. The number of benzene rings is 2. The van der Waals surface area contributed by atoms with Crippen molar-refractivity contribution < 1.29 is 22.7 Å². The molecular weight excluding hydrogens is 470 g/mol. The van der Waals surface area contributed by atoms with Crippen LogP contribution in [-0.4, -0.2) is 45.3 Å². The van der Waals surface area contributed by atoms with Crippen molar-refractivity contribution in [3.8, 4) is 11.5 Å². The molecule has 160 valence electrons. The van der Waals surface area contributed by atoms with Gasteiger partial charge in [0.25, 0.3) is 0 Å². The normalized spacial score (nSPS) is 14.9. The van der Waals surface area contributed by atoms with E-state index in [-0.39, 0.29) is 10.7 Å². The first kappa shape index (κ1) is 22.5. The maximum atomic E-state index is 12.6. The third-order valence-electron chi connectivity index (χ3n) is 4.80. The summed E-state index contributed by atoms with van der Waals surface area (Å²) in [7, 11) is -1.92. The smallest absolute Gasteiger partial charge is 0.243 e. The molecule has 0 radical (unpaired) electrons. The molecule has 0 amide bonds. The summed E-state index contributed by atoms with van der Waals surface area (Å²) in [6.45, 7) is 3.47. The molecule has 1 aliphatic rings. The Bertz CT molecular complexity index is 1040. The molecule has 0 unspecified atom stereocenters. The minimum atomic E-state index is -3.49. The number of hydrogen-bond acceptors (Lipinski definition) is 5. The molecule has 0 aliphatic carbocycles. The van der Waals surface area contributed by atoms with Gasteiger partial charge in [0.05, 0.1) is 23.1 Å². The molecule has 8 heteroatoms. The van der Waals surface area contributed by atoms with Crippen molar-refractivity contribution in [1.82, 2.24) is 4.31 Å². The van der Waals surface area contributed by atoms with Crippen LogP contribution in [0.15, 0.2) is 51.8 Å². The lowest BCUT2D eigenvalue weighted by atomic mass is 10.1. The van der Waals surface area contributed by atoms with Gasteiger partial charge in [0.1, 0.15) is 0 Å². The van der Waals surface area contributed by atoms with Gasteiger partial charge in [-0.3, -0.25) is 4.79 Å². The summed E-state index contributed by atoms with van der Waals surface area (Å²) < 4.78 is 38.3. The monoisotopic (exact) mass is 493 g/mol. The van der Waals surface area contributed by atoms with Crippen molar-refractivity contribution in [1.29, 1.82) is 0 Å². The largest absolute Gasteiger partial charge is 0.492 e. The molecule has 0 aromatic heterocycles. The molecule has 0 N–H and O–H groups in total. The number of sulfonamides is 1. The van der Waals surface area contributed by atoms with Crippen molar-refractivity contribution >= 4 is 37.8 Å². The molecule has 0 atom stereocenters. The fourth-order valence-electron chi connectivity index (χ4n) is 3.28. The van der Waals surface area contributed by atoms with E-state index < -0.39 is 10.0 Å². The van der Waals surface area contributed by atoms with Crippen molar-refractivity contribution in [3.05, 3.63) is 58.1 Å². The van der Waals surface area contributed by atoms with E-state index in [4.69, 9.17) is 9.47 Å². The highest BCUT2D eigenvalue weighted by Gasteiger charge is 2.27.